The first-order chi connectivity index (χ1) is 26.3. The topological polar surface area (TPSA) is 62.0 Å². The highest BCUT2D eigenvalue weighted by atomic mass is 16.6. The van der Waals surface area contributed by atoms with Crippen LogP contribution in [0.15, 0.2) is 146 Å². The van der Waals surface area contributed by atoms with Crippen molar-refractivity contribution in [2.24, 2.45) is 0 Å². The van der Waals surface area contributed by atoms with Gasteiger partial charge in [0.05, 0.1) is 45.1 Å². The molecule has 1 aliphatic carbocycles. The Morgan fingerprint density at radius 1 is 0.453 bits per heavy atom. The maximum atomic E-state index is 6.45. The number of epoxide rings is 2. The normalized spacial score (nSPS) is 17.5. The molecule has 2 aliphatic heterocycles. The molecule has 3 aliphatic rings. The molecule has 0 amide bonds. The second-order valence-electron chi connectivity index (χ2n) is 13.8. The molecule has 6 heteroatoms. The molecule has 6 aromatic carbocycles. The van der Waals surface area contributed by atoms with E-state index in [0.717, 1.165) is 58.1 Å². The Hall–Kier alpha value is -5.24. The van der Waals surface area contributed by atoms with Gasteiger partial charge in [-0.05, 0) is 68.8 Å². The maximum absolute atomic E-state index is 6.45. The van der Waals surface area contributed by atoms with Crippen LogP contribution in [0.2, 0.25) is 0 Å². The predicted molar refractivity (Wildman–Crippen MR) is 207 cm³/mol. The summed E-state index contributed by atoms with van der Waals surface area (Å²) in [6.45, 7) is 4.66. The number of rotatable bonds is 16. The lowest BCUT2D eigenvalue weighted by Crippen LogP contribution is -2.29. The minimum atomic E-state index is -0.627. The van der Waals surface area contributed by atoms with E-state index < -0.39 is 5.41 Å². The molecule has 0 radical (unpaired) electrons. The predicted octanol–water partition coefficient (Wildman–Crippen LogP) is 8.97. The van der Waals surface area contributed by atoms with Crippen LogP contribution in [0.25, 0.3) is 33.4 Å². The van der Waals surface area contributed by atoms with Crippen LogP contribution in [-0.4, -0.2) is 65.1 Å². The molecule has 2 heterocycles. The summed E-state index contributed by atoms with van der Waals surface area (Å²) in [4.78, 5) is 0. The first-order valence-electron chi connectivity index (χ1n) is 18.5. The zero-order valence-electron chi connectivity index (χ0n) is 29.6. The Morgan fingerprint density at radius 3 is 1.30 bits per heavy atom. The Morgan fingerprint density at radius 2 is 0.868 bits per heavy atom. The smallest absolute Gasteiger partial charge is 0.127 e. The highest BCUT2D eigenvalue weighted by Crippen LogP contribution is 2.57. The lowest BCUT2D eigenvalue weighted by atomic mass is 9.67. The summed E-state index contributed by atoms with van der Waals surface area (Å²) < 4.78 is 35.1. The Bertz CT molecular complexity index is 2020. The number of benzene rings is 6. The van der Waals surface area contributed by atoms with Gasteiger partial charge in [-0.3, -0.25) is 0 Å². The molecule has 0 N–H and O–H groups in total. The van der Waals surface area contributed by atoms with Crippen LogP contribution in [0.5, 0.6) is 11.5 Å². The van der Waals surface area contributed by atoms with Crippen LogP contribution in [0.1, 0.15) is 22.3 Å². The lowest BCUT2D eigenvalue weighted by Gasteiger charge is -2.35. The minimum absolute atomic E-state index is 0.229. The molecule has 6 nitrogen and oxygen atoms in total. The molecule has 0 aromatic heterocycles. The van der Waals surface area contributed by atoms with Gasteiger partial charge in [0.25, 0.3) is 0 Å². The van der Waals surface area contributed by atoms with Gasteiger partial charge in [-0.15, -0.1) is 0 Å². The standard InChI is InChI=1S/C47H42O6/c1-3-11-33(12-4-1)41-27-35(19-21-45(41)50-25-23-48-29-37-31-52-37)47(43-17-9-7-15-39(43)40-16-8-10-18-44(40)47)36-20-22-46(51-26-24-49-30-38-32-53-38)42(28-36)34-13-5-2-6-14-34/h1-22,27-28,37-38H,23-26,29-32H2. The second-order valence-corrected chi connectivity index (χ2v) is 13.8. The largest absolute Gasteiger partial charge is 0.491 e. The fourth-order valence-electron chi connectivity index (χ4n) is 7.67. The molecule has 2 fully saturated rings. The zero-order valence-corrected chi connectivity index (χ0v) is 29.6. The van der Waals surface area contributed by atoms with Gasteiger partial charge in [0, 0.05) is 11.1 Å². The highest BCUT2D eigenvalue weighted by molar-refractivity contribution is 5.88. The van der Waals surface area contributed by atoms with Crippen molar-refractivity contribution in [1.29, 1.82) is 0 Å². The zero-order chi connectivity index (χ0) is 35.5. The second kappa shape index (κ2) is 15.0. The summed E-state index contributed by atoms with van der Waals surface area (Å²) >= 11 is 0. The van der Waals surface area contributed by atoms with Crippen molar-refractivity contribution < 1.29 is 28.4 Å². The summed E-state index contributed by atoms with van der Waals surface area (Å²) in [5.41, 5.74) is 10.9. The average molecular weight is 703 g/mol. The molecule has 2 saturated heterocycles. The third-order valence-electron chi connectivity index (χ3n) is 10.3. The van der Waals surface area contributed by atoms with Crippen molar-refractivity contribution in [3.8, 4) is 44.9 Å². The summed E-state index contributed by atoms with van der Waals surface area (Å²) in [6, 6.07) is 52.1. The van der Waals surface area contributed by atoms with Crippen molar-refractivity contribution in [3.63, 3.8) is 0 Å². The van der Waals surface area contributed by atoms with E-state index in [4.69, 9.17) is 28.4 Å². The van der Waals surface area contributed by atoms with E-state index >= 15 is 0 Å². The molecule has 266 valence electrons. The van der Waals surface area contributed by atoms with Crippen LogP contribution in [0, 0.1) is 0 Å². The van der Waals surface area contributed by atoms with Crippen molar-refractivity contribution in [2.45, 2.75) is 17.6 Å². The first kappa shape index (κ1) is 33.6. The van der Waals surface area contributed by atoms with E-state index in [-0.39, 0.29) is 12.2 Å². The average Bonchev–Trinajstić information content (AvgIpc) is 4.17. The van der Waals surface area contributed by atoms with Gasteiger partial charge in [0.2, 0.25) is 0 Å². The van der Waals surface area contributed by atoms with Crippen LogP contribution >= 0.6 is 0 Å². The van der Waals surface area contributed by atoms with E-state index in [2.05, 4.69) is 146 Å². The van der Waals surface area contributed by atoms with Gasteiger partial charge in [0.1, 0.15) is 36.9 Å². The van der Waals surface area contributed by atoms with Crippen molar-refractivity contribution in [3.05, 3.63) is 168 Å². The van der Waals surface area contributed by atoms with E-state index in [9.17, 15) is 0 Å². The van der Waals surface area contributed by atoms with Crippen LogP contribution in [0.3, 0.4) is 0 Å². The number of fused-ring (bicyclic) bond motifs is 3. The van der Waals surface area contributed by atoms with Gasteiger partial charge in [0.15, 0.2) is 0 Å². The van der Waals surface area contributed by atoms with E-state index in [1.807, 2.05) is 0 Å². The van der Waals surface area contributed by atoms with Gasteiger partial charge in [-0.2, -0.15) is 0 Å². The fraction of sp³-hybridized carbons (Fsp3) is 0.234. The molecule has 0 spiro atoms. The SMILES string of the molecule is c1ccc(-c2cc(C3(c4ccc(OCCOCC5CO5)c(-c5ccccc5)c4)c4ccccc4-c4ccccc43)ccc2OCCOCC2CO2)cc1. The third kappa shape index (κ3) is 6.87. The molecule has 2 unspecified atom stereocenters. The number of ether oxygens (including phenoxy) is 6. The fourth-order valence-corrected chi connectivity index (χ4v) is 7.67. The van der Waals surface area contributed by atoms with Crippen LogP contribution in [0.4, 0.5) is 0 Å². The Balaban J connectivity index is 1.18. The Labute approximate surface area is 310 Å². The highest BCUT2D eigenvalue weighted by Gasteiger charge is 2.46. The molecule has 9 rings (SSSR count). The van der Waals surface area contributed by atoms with E-state index in [1.54, 1.807) is 0 Å². The third-order valence-corrected chi connectivity index (χ3v) is 10.3. The molecule has 6 aromatic rings. The van der Waals surface area contributed by atoms with Crippen molar-refractivity contribution >= 4 is 0 Å². The lowest BCUT2D eigenvalue weighted by molar-refractivity contribution is 0.0880. The minimum Gasteiger partial charge on any atom is -0.491 e. The van der Waals surface area contributed by atoms with Gasteiger partial charge in [-0.25, -0.2) is 0 Å². The van der Waals surface area contributed by atoms with Gasteiger partial charge < -0.3 is 28.4 Å². The Kier molecular flexibility index (Phi) is 9.51. The summed E-state index contributed by atoms with van der Waals surface area (Å²) in [7, 11) is 0. The molecule has 0 saturated carbocycles. The summed E-state index contributed by atoms with van der Waals surface area (Å²) in [5.74, 6) is 1.65. The summed E-state index contributed by atoms with van der Waals surface area (Å²) in [6.07, 6.45) is 0.458. The molecular formula is C47H42O6. The van der Waals surface area contributed by atoms with Crippen LogP contribution in [-0.2, 0) is 24.4 Å². The van der Waals surface area contributed by atoms with E-state index in [0.29, 0.717) is 39.6 Å². The monoisotopic (exact) mass is 702 g/mol. The van der Waals surface area contributed by atoms with Gasteiger partial charge in [-0.1, -0.05) is 121 Å². The molecule has 2 atom stereocenters. The number of hydrogen-bond acceptors (Lipinski definition) is 6. The van der Waals surface area contributed by atoms with Crippen molar-refractivity contribution in [2.75, 3.05) is 52.9 Å². The number of hydrogen-bond donors (Lipinski definition) is 0. The van der Waals surface area contributed by atoms with Crippen LogP contribution < -0.4 is 9.47 Å². The molecular weight excluding hydrogens is 661 g/mol. The summed E-state index contributed by atoms with van der Waals surface area (Å²) in [5, 5.41) is 0. The quantitative estimate of drug-likeness (QED) is 0.0741. The first-order valence-corrected chi connectivity index (χ1v) is 18.5. The van der Waals surface area contributed by atoms with Gasteiger partial charge >= 0.3 is 0 Å². The van der Waals surface area contributed by atoms with Crippen molar-refractivity contribution in [1.82, 2.24) is 0 Å². The van der Waals surface area contributed by atoms with E-state index in [1.165, 1.54) is 22.3 Å². The molecule has 53 heavy (non-hydrogen) atoms. The maximum Gasteiger partial charge on any atom is 0.127 e. The molecule has 0 bridgehead atoms.